The molecule has 0 bridgehead atoms. The van der Waals surface area contributed by atoms with Crippen molar-refractivity contribution in [2.24, 2.45) is 0 Å². The van der Waals surface area contributed by atoms with Crippen LogP contribution in [0, 0.1) is 20.8 Å². The smallest absolute Gasteiger partial charge is 0.171 e. The molecule has 132 valence electrons. The fourth-order valence-corrected chi connectivity index (χ4v) is 3.23. The monoisotopic (exact) mass is 360 g/mol. The first-order chi connectivity index (χ1) is 12.5. The largest absolute Gasteiger partial charge is 0.352 e. The number of rotatable bonds is 4. The number of thiocarbonyl (C=S) groups is 1. The van der Waals surface area contributed by atoms with Crippen molar-refractivity contribution in [1.29, 1.82) is 0 Å². The number of nitrogens with one attached hydrogen (secondary N) is 2. The van der Waals surface area contributed by atoms with E-state index in [1.165, 1.54) is 27.8 Å². The van der Waals surface area contributed by atoms with Gasteiger partial charge in [-0.25, -0.2) is 0 Å². The summed E-state index contributed by atoms with van der Waals surface area (Å²) in [5.74, 6) is 0. The van der Waals surface area contributed by atoms with Crippen LogP contribution in [0.15, 0.2) is 72.8 Å². The third kappa shape index (κ3) is 4.50. The SMILES string of the molecule is Cc1ccc([C@H](NC(=S)Nc2ccc(C)cc2C)c2ccccc2)cc1. The highest BCUT2D eigenvalue weighted by atomic mass is 32.1. The minimum Gasteiger partial charge on any atom is -0.352 e. The minimum atomic E-state index is 0.00237. The number of anilines is 1. The Hall–Kier alpha value is -2.65. The molecule has 3 aromatic carbocycles. The normalized spacial score (nSPS) is 11.7. The standard InChI is InChI=1S/C23H24N2S/c1-16-9-12-20(13-10-16)22(19-7-5-4-6-8-19)25-23(26)24-21-14-11-17(2)15-18(21)3/h4-15,22H,1-3H3,(H2,24,25,26)/t22-/m1/s1. The third-order valence-corrected chi connectivity index (χ3v) is 4.67. The predicted molar refractivity (Wildman–Crippen MR) is 115 cm³/mol. The van der Waals surface area contributed by atoms with Crippen LogP contribution in [0.1, 0.15) is 33.9 Å². The van der Waals surface area contributed by atoms with E-state index in [4.69, 9.17) is 12.2 Å². The Morgan fingerprint density at radius 2 is 1.38 bits per heavy atom. The van der Waals surface area contributed by atoms with Crippen LogP contribution in [0.25, 0.3) is 0 Å². The van der Waals surface area contributed by atoms with Crippen LogP contribution >= 0.6 is 12.2 Å². The molecule has 0 amide bonds. The quantitative estimate of drug-likeness (QED) is 0.585. The van der Waals surface area contributed by atoms with E-state index in [1.807, 2.05) is 6.07 Å². The van der Waals surface area contributed by atoms with Crippen molar-refractivity contribution in [2.45, 2.75) is 26.8 Å². The van der Waals surface area contributed by atoms with Crippen LogP contribution in [-0.4, -0.2) is 5.11 Å². The van der Waals surface area contributed by atoms with Gasteiger partial charge in [-0.1, -0.05) is 77.9 Å². The van der Waals surface area contributed by atoms with Crippen LogP contribution in [0.5, 0.6) is 0 Å². The first-order valence-corrected chi connectivity index (χ1v) is 9.20. The van der Waals surface area contributed by atoms with E-state index in [-0.39, 0.29) is 6.04 Å². The number of hydrogen-bond donors (Lipinski definition) is 2. The topological polar surface area (TPSA) is 24.1 Å². The Labute approximate surface area is 161 Å². The molecule has 0 aromatic heterocycles. The first-order valence-electron chi connectivity index (χ1n) is 8.79. The number of benzene rings is 3. The van der Waals surface area contributed by atoms with Crippen LogP contribution in [0.3, 0.4) is 0 Å². The molecule has 3 rings (SSSR count). The second kappa shape index (κ2) is 8.15. The summed E-state index contributed by atoms with van der Waals surface area (Å²) in [6.07, 6.45) is 0. The lowest BCUT2D eigenvalue weighted by Gasteiger charge is -2.22. The fourth-order valence-electron chi connectivity index (χ4n) is 3.01. The Bertz CT molecular complexity index is 886. The lowest BCUT2D eigenvalue weighted by Crippen LogP contribution is -2.33. The van der Waals surface area contributed by atoms with Gasteiger partial charge in [0.15, 0.2) is 5.11 Å². The van der Waals surface area contributed by atoms with Crippen molar-refractivity contribution in [3.63, 3.8) is 0 Å². The van der Waals surface area contributed by atoms with E-state index in [1.54, 1.807) is 0 Å². The zero-order chi connectivity index (χ0) is 18.5. The van der Waals surface area contributed by atoms with Crippen LogP contribution < -0.4 is 10.6 Å². The highest BCUT2D eigenvalue weighted by molar-refractivity contribution is 7.80. The maximum Gasteiger partial charge on any atom is 0.171 e. The Kier molecular flexibility index (Phi) is 5.69. The summed E-state index contributed by atoms with van der Waals surface area (Å²) in [4.78, 5) is 0. The van der Waals surface area contributed by atoms with Crippen LogP contribution in [0.2, 0.25) is 0 Å². The molecule has 0 heterocycles. The van der Waals surface area contributed by atoms with Crippen molar-refractivity contribution in [2.75, 3.05) is 5.32 Å². The van der Waals surface area contributed by atoms with Crippen molar-refractivity contribution < 1.29 is 0 Å². The summed E-state index contributed by atoms with van der Waals surface area (Å²) >= 11 is 5.61. The first kappa shape index (κ1) is 18.2. The fraction of sp³-hybridized carbons (Fsp3) is 0.174. The Morgan fingerprint density at radius 1 is 0.769 bits per heavy atom. The molecule has 26 heavy (non-hydrogen) atoms. The molecule has 0 aliphatic heterocycles. The summed E-state index contributed by atoms with van der Waals surface area (Å²) in [5, 5.41) is 7.44. The second-order valence-corrected chi connectivity index (χ2v) is 7.08. The molecule has 0 spiro atoms. The zero-order valence-electron chi connectivity index (χ0n) is 15.4. The van der Waals surface area contributed by atoms with Gasteiger partial charge in [-0.15, -0.1) is 0 Å². The van der Waals surface area contributed by atoms with E-state index >= 15 is 0 Å². The molecule has 0 saturated heterocycles. The lowest BCUT2D eigenvalue weighted by atomic mass is 9.98. The maximum absolute atomic E-state index is 5.61. The second-order valence-electron chi connectivity index (χ2n) is 6.67. The molecule has 0 saturated carbocycles. The molecular formula is C23H24N2S. The lowest BCUT2D eigenvalue weighted by molar-refractivity contribution is 0.768. The van der Waals surface area contributed by atoms with Gasteiger partial charge in [0.05, 0.1) is 6.04 Å². The van der Waals surface area contributed by atoms with Crippen molar-refractivity contribution in [1.82, 2.24) is 5.32 Å². The number of aryl methyl sites for hydroxylation is 3. The average Bonchev–Trinajstić information content (AvgIpc) is 2.64. The van der Waals surface area contributed by atoms with E-state index in [2.05, 4.69) is 98.1 Å². The molecule has 1 atom stereocenters. The molecule has 0 aliphatic rings. The minimum absolute atomic E-state index is 0.00237. The van der Waals surface area contributed by atoms with Gasteiger partial charge in [0.25, 0.3) is 0 Å². The summed E-state index contributed by atoms with van der Waals surface area (Å²) in [6, 6.07) is 25.3. The Morgan fingerprint density at radius 3 is 2.04 bits per heavy atom. The summed E-state index contributed by atoms with van der Waals surface area (Å²) in [6.45, 7) is 6.28. The average molecular weight is 361 g/mol. The molecular weight excluding hydrogens is 336 g/mol. The van der Waals surface area contributed by atoms with Crippen molar-refractivity contribution in [3.05, 3.63) is 101 Å². The zero-order valence-corrected chi connectivity index (χ0v) is 16.2. The highest BCUT2D eigenvalue weighted by Gasteiger charge is 2.15. The van der Waals surface area contributed by atoms with Gasteiger partial charge in [-0.2, -0.15) is 0 Å². The summed E-state index contributed by atoms with van der Waals surface area (Å²) in [5.41, 5.74) is 7.07. The summed E-state index contributed by atoms with van der Waals surface area (Å²) < 4.78 is 0. The predicted octanol–water partition coefficient (Wildman–Crippen LogP) is 5.69. The van der Waals surface area contributed by atoms with Crippen LogP contribution in [-0.2, 0) is 0 Å². The van der Waals surface area contributed by atoms with Gasteiger partial charge in [0, 0.05) is 5.69 Å². The van der Waals surface area contributed by atoms with E-state index in [0.29, 0.717) is 5.11 Å². The molecule has 0 radical (unpaired) electrons. The van der Waals surface area contributed by atoms with E-state index in [9.17, 15) is 0 Å². The summed E-state index contributed by atoms with van der Waals surface area (Å²) in [7, 11) is 0. The third-order valence-electron chi connectivity index (χ3n) is 4.45. The van der Waals surface area contributed by atoms with Gasteiger partial charge < -0.3 is 10.6 Å². The van der Waals surface area contributed by atoms with Gasteiger partial charge in [-0.3, -0.25) is 0 Å². The molecule has 3 aromatic rings. The highest BCUT2D eigenvalue weighted by Crippen LogP contribution is 2.23. The van der Waals surface area contributed by atoms with Gasteiger partial charge in [0.2, 0.25) is 0 Å². The number of hydrogen-bond acceptors (Lipinski definition) is 1. The van der Waals surface area contributed by atoms with Crippen molar-refractivity contribution in [3.8, 4) is 0 Å². The van der Waals surface area contributed by atoms with Crippen LogP contribution in [0.4, 0.5) is 5.69 Å². The van der Waals surface area contributed by atoms with Gasteiger partial charge in [0.1, 0.15) is 0 Å². The molecule has 0 aliphatic carbocycles. The van der Waals surface area contributed by atoms with Gasteiger partial charge >= 0.3 is 0 Å². The Balaban J connectivity index is 1.83. The van der Waals surface area contributed by atoms with Gasteiger partial charge in [-0.05, 0) is 55.7 Å². The van der Waals surface area contributed by atoms with E-state index in [0.717, 1.165) is 5.69 Å². The van der Waals surface area contributed by atoms with Crippen molar-refractivity contribution >= 4 is 23.0 Å². The molecule has 2 nitrogen and oxygen atoms in total. The molecule has 0 fully saturated rings. The van der Waals surface area contributed by atoms with E-state index < -0.39 is 0 Å². The molecule has 3 heteroatoms. The maximum atomic E-state index is 5.61. The molecule has 0 unspecified atom stereocenters. The molecule has 2 N–H and O–H groups in total.